The van der Waals surface area contributed by atoms with E-state index in [4.69, 9.17) is 4.74 Å². The van der Waals surface area contributed by atoms with E-state index in [9.17, 15) is 8.42 Å². The zero-order valence-corrected chi connectivity index (χ0v) is 12.0. The minimum absolute atomic E-state index is 0.269. The topological polar surface area (TPSA) is 67.4 Å². The van der Waals surface area contributed by atoms with Crippen molar-refractivity contribution >= 4 is 15.7 Å². The zero-order chi connectivity index (χ0) is 13.8. The summed E-state index contributed by atoms with van der Waals surface area (Å²) >= 11 is 0. The molecule has 18 heavy (non-hydrogen) atoms. The summed E-state index contributed by atoms with van der Waals surface area (Å²) in [6, 6.07) is 3.63. The average Bonchev–Trinajstić information content (AvgIpc) is 2.27. The lowest BCUT2D eigenvalue weighted by atomic mass is 10.1. The van der Waals surface area contributed by atoms with Gasteiger partial charge >= 0.3 is 0 Å². The van der Waals surface area contributed by atoms with Crippen LogP contribution in [-0.2, 0) is 14.8 Å². The number of nitrogens with one attached hydrogen (secondary N) is 2. The van der Waals surface area contributed by atoms with Crippen LogP contribution in [0.4, 0.5) is 5.69 Å². The number of benzene rings is 1. The van der Waals surface area contributed by atoms with Crippen LogP contribution in [-0.4, -0.2) is 35.7 Å². The van der Waals surface area contributed by atoms with Crippen LogP contribution in [0.2, 0.25) is 0 Å². The van der Waals surface area contributed by atoms with Crippen LogP contribution in [0, 0.1) is 13.8 Å². The van der Waals surface area contributed by atoms with E-state index < -0.39 is 10.0 Å². The van der Waals surface area contributed by atoms with Crippen molar-refractivity contribution in [3.8, 4) is 0 Å². The summed E-state index contributed by atoms with van der Waals surface area (Å²) in [7, 11) is -0.138. The Morgan fingerprint density at radius 2 is 1.78 bits per heavy atom. The molecule has 1 aromatic carbocycles. The van der Waals surface area contributed by atoms with E-state index in [1.165, 1.54) is 7.11 Å². The number of sulfonamides is 1. The van der Waals surface area contributed by atoms with Crippen LogP contribution in [0.3, 0.4) is 0 Å². The second-order valence-electron chi connectivity index (χ2n) is 4.08. The molecule has 5 nitrogen and oxygen atoms in total. The lowest BCUT2D eigenvalue weighted by Crippen LogP contribution is -2.28. The van der Waals surface area contributed by atoms with Crippen molar-refractivity contribution < 1.29 is 13.2 Å². The second kappa shape index (κ2) is 6.17. The Kier molecular flexibility index (Phi) is 5.13. The molecule has 0 heterocycles. The van der Waals surface area contributed by atoms with E-state index in [2.05, 4.69) is 10.0 Å². The summed E-state index contributed by atoms with van der Waals surface area (Å²) in [5.74, 6) is 0. The number of hydrogen-bond donors (Lipinski definition) is 2. The molecule has 0 unspecified atom stereocenters. The van der Waals surface area contributed by atoms with Gasteiger partial charge in [-0.1, -0.05) is 0 Å². The fraction of sp³-hybridized carbons (Fsp3) is 0.500. The van der Waals surface area contributed by atoms with Crippen LogP contribution in [0.15, 0.2) is 17.0 Å². The van der Waals surface area contributed by atoms with Crippen molar-refractivity contribution in [3.63, 3.8) is 0 Å². The molecule has 0 saturated carbocycles. The maximum atomic E-state index is 12.2. The van der Waals surface area contributed by atoms with Gasteiger partial charge in [-0.3, -0.25) is 0 Å². The molecule has 0 radical (unpaired) electrons. The van der Waals surface area contributed by atoms with Crippen LogP contribution in [0.25, 0.3) is 0 Å². The van der Waals surface area contributed by atoms with Crippen LogP contribution >= 0.6 is 0 Å². The zero-order valence-electron chi connectivity index (χ0n) is 11.2. The Bertz CT molecular complexity index is 489. The Labute approximate surface area is 109 Å². The monoisotopic (exact) mass is 272 g/mol. The average molecular weight is 272 g/mol. The molecule has 0 atom stereocenters. The highest BCUT2D eigenvalue weighted by Gasteiger charge is 2.19. The summed E-state index contributed by atoms with van der Waals surface area (Å²) in [4.78, 5) is 0.345. The molecule has 0 fully saturated rings. The predicted octanol–water partition coefficient (Wildman–Crippen LogP) is 1.27. The van der Waals surface area contributed by atoms with E-state index in [0.717, 1.165) is 16.8 Å². The molecule has 0 aliphatic heterocycles. The molecular weight excluding hydrogens is 252 g/mol. The predicted molar refractivity (Wildman–Crippen MR) is 72.5 cm³/mol. The van der Waals surface area contributed by atoms with Gasteiger partial charge in [0, 0.05) is 26.4 Å². The minimum Gasteiger partial charge on any atom is -0.388 e. The molecule has 0 aromatic heterocycles. The molecule has 0 bridgehead atoms. The number of anilines is 1. The molecule has 0 aliphatic carbocycles. The highest BCUT2D eigenvalue weighted by atomic mass is 32.2. The molecule has 0 saturated heterocycles. The Balaban J connectivity index is 3.09. The summed E-state index contributed by atoms with van der Waals surface area (Å²) < 4.78 is 31.7. The number of hydrogen-bond acceptors (Lipinski definition) is 4. The molecule has 6 heteroatoms. The Morgan fingerprint density at radius 1 is 1.22 bits per heavy atom. The van der Waals surface area contributed by atoms with Gasteiger partial charge in [0.15, 0.2) is 0 Å². The van der Waals surface area contributed by atoms with Gasteiger partial charge in [0.05, 0.1) is 11.5 Å². The first-order valence-electron chi connectivity index (χ1n) is 5.70. The normalized spacial score (nSPS) is 11.6. The quantitative estimate of drug-likeness (QED) is 0.765. The van der Waals surface area contributed by atoms with Gasteiger partial charge in [-0.25, -0.2) is 13.1 Å². The molecule has 1 rings (SSSR count). The molecule has 2 N–H and O–H groups in total. The van der Waals surface area contributed by atoms with Crippen LogP contribution < -0.4 is 10.0 Å². The first kappa shape index (κ1) is 14.9. The van der Waals surface area contributed by atoms with Crippen LogP contribution in [0.5, 0.6) is 0 Å². The van der Waals surface area contributed by atoms with Crippen molar-refractivity contribution in [1.29, 1.82) is 0 Å². The van der Waals surface area contributed by atoms with Gasteiger partial charge in [0.2, 0.25) is 10.0 Å². The van der Waals surface area contributed by atoms with E-state index in [-0.39, 0.29) is 6.54 Å². The molecule has 1 aromatic rings. The third kappa shape index (κ3) is 3.44. The van der Waals surface area contributed by atoms with Gasteiger partial charge in [-0.15, -0.1) is 0 Å². The van der Waals surface area contributed by atoms with E-state index >= 15 is 0 Å². The van der Waals surface area contributed by atoms with Crippen molar-refractivity contribution in [2.24, 2.45) is 0 Å². The first-order valence-corrected chi connectivity index (χ1v) is 7.18. The van der Waals surface area contributed by atoms with Gasteiger partial charge in [-0.2, -0.15) is 0 Å². The lowest BCUT2D eigenvalue weighted by molar-refractivity contribution is 0.204. The summed E-state index contributed by atoms with van der Waals surface area (Å²) in [6.45, 7) is 4.20. The van der Waals surface area contributed by atoms with Gasteiger partial charge in [0.25, 0.3) is 0 Å². The smallest absolute Gasteiger partial charge is 0.241 e. The first-order chi connectivity index (χ1) is 8.42. The molecule has 0 aliphatic rings. The third-order valence-electron chi connectivity index (χ3n) is 2.62. The van der Waals surface area contributed by atoms with Crippen molar-refractivity contribution in [2.75, 3.05) is 32.6 Å². The SMILES string of the molecule is CNc1cc(C)c(S(=O)(=O)NCCOC)c(C)c1. The summed E-state index contributed by atoms with van der Waals surface area (Å²) in [5, 5.41) is 3.00. The van der Waals surface area contributed by atoms with Crippen molar-refractivity contribution in [3.05, 3.63) is 23.3 Å². The highest BCUT2D eigenvalue weighted by Crippen LogP contribution is 2.23. The Morgan fingerprint density at radius 3 is 2.22 bits per heavy atom. The standard InChI is InChI=1S/C12H20N2O3S/c1-9-7-11(13-3)8-10(2)12(9)18(15,16)14-5-6-17-4/h7-8,13-14H,5-6H2,1-4H3. The fourth-order valence-corrected chi connectivity index (χ4v) is 3.33. The van der Waals surface area contributed by atoms with Crippen molar-refractivity contribution in [1.82, 2.24) is 4.72 Å². The summed E-state index contributed by atoms with van der Waals surface area (Å²) in [6.07, 6.45) is 0. The van der Waals surface area contributed by atoms with Gasteiger partial charge < -0.3 is 10.1 Å². The third-order valence-corrected chi connectivity index (χ3v) is 4.38. The number of aryl methyl sites for hydroxylation is 2. The van der Waals surface area contributed by atoms with Crippen LogP contribution in [0.1, 0.15) is 11.1 Å². The molecule has 0 spiro atoms. The van der Waals surface area contributed by atoms with Gasteiger partial charge in [0.1, 0.15) is 0 Å². The largest absolute Gasteiger partial charge is 0.388 e. The number of rotatable bonds is 6. The molecule has 102 valence electrons. The van der Waals surface area contributed by atoms with E-state index in [1.807, 2.05) is 12.1 Å². The highest BCUT2D eigenvalue weighted by molar-refractivity contribution is 7.89. The van der Waals surface area contributed by atoms with Gasteiger partial charge in [-0.05, 0) is 37.1 Å². The number of ether oxygens (including phenoxy) is 1. The van der Waals surface area contributed by atoms with E-state index in [0.29, 0.717) is 11.5 Å². The molecule has 0 amide bonds. The fourth-order valence-electron chi connectivity index (χ4n) is 1.87. The summed E-state index contributed by atoms with van der Waals surface area (Å²) in [5.41, 5.74) is 2.36. The lowest BCUT2D eigenvalue weighted by Gasteiger charge is -2.13. The maximum absolute atomic E-state index is 12.2. The minimum atomic E-state index is -3.48. The second-order valence-corrected chi connectivity index (χ2v) is 5.78. The maximum Gasteiger partial charge on any atom is 0.241 e. The number of methoxy groups -OCH3 is 1. The Hall–Kier alpha value is -1.11. The van der Waals surface area contributed by atoms with Crippen molar-refractivity contribution in [2.45, 2.75) is 18.7 Å². The molecular formula is C12H20N2O3S. The van der Waals surface area contributed by atoms with E-state index in [1.54, 1.807) is 20.9 Å².